The zero-order chi connectivity index (χ0) is 17.7. The Balaban J connectivity index is 1.83. The summed E-state index contributed by atoms with van der Waals surface area (Å²) in [4.78, 5) is 43.8. The standard InChI is InChI=1S/C14H16O10/c15-9(16)1-3-11(19)23-7-5-21-14-8(6-22-13(7)14)24-12(20)4-2-10(17)18/h1,3,7-8,13-14H,2,4-6H2,(H,15,16)(H,17,18)/t7-,8+,13+,14+/m0/s1. The molecule has 4 atom stereocenters. The molecule has 10 heteroatoms. The van der Waals surface area contributed by atoms with Crippen molar-refractivity contribution in [3.8, 4) is 0 Å². The maximum Gasteiger partial charge on any atom is 0.331 e. The molecule has 0 amide bonds. The first-order valence-corrected chi connectivity index (χ1v) is 7.13. The average molecular weight is 344 g/mol. The molecule has 132 valence electrons. The van der Waals surface area contributed by atoms with Crippen molar-refractivity contribution in [3.63, 3.8) is 0 Å². The molecule has 2 heterocycles. The fourth-order valence-corrected chi connectivity index (χ4v) is 2.40. The number of carboxylic acid groups (broad SMARTS) is 2. The van der Waals surface area contributed by atoms with Crippen LogP contribution in [0, 0.1) is 0 Å². The zero-order valence-corrected chi connectivity index (χ0v) is 12.5. The number of rotatable bonds is 7. The van der Waals surface area contributed by atoms with Gasteiger partial charge < -0.3 is 29.2 Å². The van der Waals surface area contributed by atoms with E-state index >= 15 is 0 Å². The first-order valence-electron chi connectivity index (χ1n) is 7.13. The van der Waals surface area contributed by atoms with Crippen molar-refractivity contribution in [1.82, 2.24) is 0 Å². The molecule has 2 N–H and O–H groups in total. The van der Waals surface area contributed by atoms with Crippen molar-refractivity contribution in [2.75, 3.05) is 13.2 Å². The topological polar surface area (TPSA) is 146 Å². The summed E-state index contributed by atoms with van der Waals surface area (Å²) < 4.78 is 21.0. The van der Waals surface area contributed by atoms with E-state index in [-0.39, 0.29) is 26.1 Å². The second-order valence-electron chi connectivity index (χ2n) is 5.16. The molecule has 0 aliphatic carbocycles. The number of fused-ring (bicyclic) bond motifs is 1. The summed E-state index contributed by atoms with van der Waals surface area (Å²) >= 11 is 0. The highest BCUT2D eigenvalue weighted by molar-refractivity contribution is 5.90. The lowest BCUT2D eigenvalue weighted by Crippen LogP contribution is -2.35. The van der Waals surface area contributed by atoms with E-state index in [4.69, 9.17) is 29.2 Å². The molecule has 0 aromatic rings. The van der Waals surface area contributed by atoms with Crippen LogP contribution in [0.25, 0.3) is 0 Å². The Hall–Kier alpha value is -2.46. The van der Waals surface area contributed by atoms with Gasteiger partial charge >= 0.3 is 23.9 Å². The highest BCUT2D eigenvalue weighted by Crippen LogP contribution is 2.30. The minimum Gasteiger partial charge on any atom is -0.481 e. The van der Waals surface area contributed by atoms with Crippen molar-refractivity contribution in [2.45, 2.75) is 37.3 Å². The summed E-state index contributed by atoms with van der Waals surface area (Å²) in [5.74, 6) is -3.92. The van der Waals surface area contributed by atoms with Crippen molar-refractivity contribution >= 4 is 23.9 Å². The largest absolute Gasteiger partial charge is 0.481 e. The van der Waals surface area contributed by atoms with E-state index in [0.29, 0.717) is 6.08 Å². The molecule has 2 aliphatic heterocycles. The maximum absolute atomic E-state index is 11.6. The van der Waals surface area contributed by atoms with Crippen LogP contribution in [-0.4, -0.2) is 71.7 Å². The summed E-state index contributed by atoms with van der Waals surface area (Å²) in [5.41, 5.74) is 0. The van der Waals surface area contributed by atoms with Gasteiger partial charge in [0.2, 0.25) is 0 Å². The number of carbonyl (C=O) groups excluding carboxylic acids is 2. The third-order valence-electron chi connectivity index (χ3n) is 3.42. The molecule has 2 aliphatic rings. The number of esters is 2. The van der Waals surface area contributed by atoms with Gasteiger partial charge in [-0.3, -0.25) is 9.59 Å². The molecule has 0 radical (unpaired) electrons. The minimum absolute atomic E-state index is 0.0190. The normalized spacial score (nSPS) is 28.5. The van der Waals surface area contributed by atoms with Gasteiger partial charge in [-0.2, -0.15) is 0 Å². The summed E-state index contributed by atoms with van der Waals surface area (Å²) in [5, 5.41) is 17.0. The fourth-order valence-electron chi connectivity index (χ4n) is 2.40. The van der Waals surface area contributed by atoms with Gasteiger partial charge in [0.05, 0.1) is 26.1 Å². The number of aliphatic carboxylic acids is 2. The molecule has 0 aromatic heterocycles. The molecular weight excluding hydrogens is 328 g/mol. The van der Waals surface area contributed by atoms with Gasteiger partial charge in [0.1, 0.15) is 12.2 Å². The van der Waals surface area contributed by atoms with Crippen LogP contribution in [0.2, 0.25) is 0 Å². The smallest absolute Gasteiger partial charge is 0.331 e. The zero-order valence-electron chi connectivity index (χ0n) is 12.5. The van der Waals surface area contributed by atoms with Crippen LogP contribution in [-0.2, 0) is 38.1 Å². The molecule has 0 aromatic carbocycles. The average Bonchev–Trinajstić information content (AvgIpc) is 3.07. The quantitative estimate of drug-likeness (QED) is 0.440. The monoisotopic (exact) mass is 344 g/mol. The van der Waals surface area contributed by atoms with Crippen LogP contribution in [0.1, 0.15) is 12.8 Å². The maximum atomic E-state index is 11.6. The van der Waals surface area contributed by atoms with Gasteiger partial charge in [-0.05, 0) is 0 Å². The summed E-state index contributed by atoms with van der Waals surface area (Å²) in [6.45, 7) is 0.0539. The predicted octanol–water partition coefficient (Wildman–Crippen LogP) is -0.887. The molecular formula is C14H16O10. The Bertz CT molecular complexity index is 554. The van der Waals surface area contributed by atoms with Gasteiger partial charge in [-0.1, -0.05) is 0 Å². The molecule has 10 nitrogen and oxygen atoms in total. The summed E-state index contributed by atoms with van der Waals surface area (Å²) in [6.07, 6.45) is -1.89. The molecule has 2 rings (SSSR count). The molecule has 0 bridgehead atoms. The Morgan fingerprint density at radius 1 is 0.917 bits per heavy atom. The van der Waals surface area contributed by atoms with Crippen LogP contribution >= 0.6 is 0 Å². The number of hydrogen-bond donors (Lipinski definition) is 2. The lowest BCUT2D eigenvalue weighted by molar-refractivity contribution is -0.156. The molecule has 2 saturated heterocycles. The lowest BCUT2D eigenvalue weighted by Gasteiger charge is -2.16. The van der Waals surface area contributed by atoms with Gasteiger partial charge in [-0.25, -0.2) is 9.59 Å². The first kappa shape index (κ1) is 17.9. The Labute approximate surface area is 135 Å². The lowest BCUT2D eigenvalue weighted by atomic mass is 10.1. The number of carboxylic acids is 2. The fraction of sp³-hybridized carbons (Fsp3) is 0.571. The minimum atomic E-state index is -1.28. The van der Waals surface area contributed by atoms with E-state index in [2.05, 4.69) is 0 Å². The van der Waals surface area contributed by atoms with Gasteiger partial charge in [0.15, 0.2) is 12.2 Å². The van der Waals surface area contributed by atoms with Crippen LogP contribution in [0.15, 0.2) is 12.2 Å². The molecule has 0 saturated carbocycles. The van der Waals surface area contributed by atoms with Gasteiger partial charge in [0.25, 0.3) is 0 Å². The Morgan fingerprint density at radius 2 is 1.50 bits per heavy atom. The predicted molar refractivity (Wildman–Crippen MR) is 72.9 cm³/mol. The number of carbonyl (C=O) groups is 4. The van der Waals surface area contributed by atoms with Crippen LogP contribution < -0.4 is 0 Å². The molecule has 0 unspecified atom stereocenters. The van der Waals surface area contributed by atoms with E-state index in [0.717, 1.165) is 6.08 Å². The summed E-state index contributed by atoms with van der Waals surface area (Å²) in [6, 6.07) is 0. The van der Waals surface area contributed by atoms with Crippen molar-refractivity contribution in [1.29, 1.82) is 0 Å². The van der Waals surface area contributed by atoms with Gasteiger partial charge in [-0.15, -0.1) is 0 Å². The van der Waals surface area contributed by atoms with E-state index in [1.807, 2.05) is 0 Å². The highest BCUT2D eigenvalue weighted by atomic mass is 16.7. The van der Waals surface area contributed by atoms with E-state index in [9.17, 15) is 19.2 Å². The van der Waals surface area contributed by atoms with Crippen LogP contribution in [0.3, 0.4) is 0 Å². The van der Waals surface area contributed by atoms with Gasteiger partial charge in [0, 0.05) is 12.2 Å². The first-order chi connectivity index (χ1) is 11.4. The Morgan fingerprint density at radius 3 is 2.04 bits per heavy atom. The van der Waals surface area contributed by atoms with Crippen molar-refractivity contribution < 1.29 is 48.3 Å². The SMILES string of the molecule is O=C(O)C=CC(=O)O[C@H]1CO[C@H]2[C@@H]1OC[C@H]2OC(=O)CCC(=O)O. The summed E-state index contributed by atoms with van der Waals surface area (Å²) in [7, 11) is 0. The number of hydrogen-bond acceptors (Lipinski definition) is 8. The van der Waals surface area contributed by atoms with E-state index in [1.54, 1.807) is 0 Å². The highest BCUT2D eigenvalue weighted by Gasteiger charge is 2.51. The molecule has 0 spiro atoms. The third-order valence-corrected chi connectivity index (χ3v) is 3.42. The molecule has 2 fully saturated rings. The number of ether oxygens (including phenoxy) is 4. The van der Waals surface area contributed by atoms with Crippen LogP contribution in [0.4, 0.5) is 0 Å². The second-order valence-corrected chi connectivity index (χ2v) is 5.16. The van der Waals surface area contributed by atoms with Crippen molar-refractivity contribution in [2.24, 2.45) is 0 Å². The second kappa shape index (κ2) is 7.88. The van der Waals surface area contributed by atoms with Crippen LogP contribution in [0.5, 0.6) is 0 Å². The third kappa shape index (κ3) is 4.77. The molecule has 24 heavy (non-hydrogen) atoms. The Kier molecular flexibility index (Phi) is 5.88. The van der Waals surface area contributed by atoms with E-state index < -0.39 is 48.3 Å². The van der Waals surface area contributed by atoms with E-state index in [1.165, 1.54) is 0 Å². The van der Waals surface area contributed by atoms with Crippen molar-refractivity contribution in [3.05, 3.63) is 12.2 Å².